The molecule has 0 amide bonds. The zero-order valence-electron chi connectivity index (χ0n) is 26.6. The quantitative estimate of drug-likeness (QED) is 0.146. The Morgan fingerprint density at radius 1 is 0.375 bits per heavy atom. The van der Waals surface area contributed by atoms with Gasteiger partial charge < -0.3 is 0 Å². The van der Waals surface area contributed by atoms with Gasteiger partial charge in [-0.2, -0.15) is 0 Å². The number of hydrogen-bond donors (Lipinski definition) is 0. The normalized spacial score (nSPS) is 11.5. The number of nitrogens with zero attached hydrogens (tertiary/aromatic N) is 4. The monoisotopic (exact) mass is 614 g/mol. The molecule has 4 heteroatoms. The second kappa shape index (κ2) is 11.2. The number of fused-ring (bicyclic) bond motifs is 6. The molecule has 4 nitrogen and oxygen atoms in total. The van der Waals surface area contributed by atoms with E-state index in [9.17, 15) is 0 Å². The summed E-state index contributed by atoms with van der Waals surface area (Å²) in [6.07, 6.45) is 3.60. The molecular weight excluding hydrogens is 585 g/mol. The fraction of sp³-hybridized carbons (Fsp3) is 0.0455. The van der Waals surface area contributed by atoms with E-state index >= 15 is 0 Å². The van der Waals surface area contributed by atoms with Crippen LogP contribution in [0.4, 0.5) is 0 Å². The van der Waals surface area contributed by atoms with E-state index in [4.69, 9.17) is 15.0 Å². The van der Waals surface area contributed by atoms with Crippen LogP contribution in [0.1, 0.15) is 11.1 Å². The molecule has 0 atom stereocenters. The summed E-state index contributed by atoms with van der Waals surface area (Å²) in [7, 11) is 0. The van der Waals surface area contributed by atoms with Crippen molar-refractivity contribution in [1.82, 2.24) is 19.9 Å². The van der Waals surface area contributed by atoms with Crippen LogP contribution in [0.2, 0.25) is 0 Å². The van der Waals surface area contributed by atoms with E-state index in [1.54, 1.807) is 12.4 Å². The summed E-state index contributed by atoms with van der Waals surface area (Å²) in [6, 6.07) is 46.4. The Balaban J connectivity index is 1.40. The zero-order chi connectivity index (χ0) is 32.2. The van der Waals surface area contributed by atoms with Gasteiger partial charge in [-0.15, -0.1) is 0 Å². The van der Waals surface area contributed by atoms with Crippen LogP contribution < -0.4 is 0 Å². The first-order chi connectivity index (χ1) is 23.7. The Morgan fingerprint density at radius 2 is 0.917 bits per heavy atom. The van der Waals surface area contributed by atoms with Crippen molar-refractivity contribution in [2.75, 3.05) is 0 Å². The molecule has 9 aromatic rings. The van der Waals surface area contributed by atoms with Gasteiger partial charge in [0.15, 0.2) is 0 Å². The van der Waals surface area contributed by atoms with Crippen LogP contribution in [0.3, 0.4) is 0 Å². The van der Waals surface area contributed by atoms with Gasteiger partial charge in [0.25, 0.3) is 0 Å². The standard InChI is InChI=1S/C44H30N4/c1-27-39-33-16-9-10-17-37(33)47-43(30-12-5-3-6-13-30)41(39)28(2)40-34-21-20-32(36-19-11-18-35(46-36)29-22-24-45-25-23-29)26-38(34)48-44(42(27)40)31-14-7-4-8-15-31/h3-26H,1-2H3. The van der Waals surface area contributed by atoms with E-state index in [2.05, 4.69) is 134 Å². The van der Waals surface area contributed by atoms with Crippen LogP contribution in [-0.2, 0) is 0 Å². The molecule has 5 aromatic carbocycles. The van der Waals surface area contributed by atoms with Crippen LogP contribution in [0.15, 0.2) is 146 Å². The highest BCUT2D eigenvalue weighted by Gasteiger charge is 2.22. The number of aryl methyl sites for hydroxylation is 2. The van der Waals surface area contributed by atoms with Gasteiger partial charge in [-0.25, -0.2) is 15.0 Å². The van der Waals surface area contributed by atoms with Crippen molar-refractivity contribution in [2.24, 2.45) is 0 Å². The van der Waals surface area contributed by atoms with Crippen LogP contribution >= 0.6 is 0 Å². The first-order valence-corrected chi connectivity index (χ1v) is 16.2. The van der Waals surface area contributed by atoms with Gasteiger partial charge in [-0.05, 0) is 72.1 Å². The maximum atomic E-state index is 5.46. The van der Waals surface area contributed by atoms with E-state index in [-0.39, 0.29) is 0 Å². The first-order valence-electron chi connectivity index (χ1n) is 16.2. The molecule has 9 rings (SSSR count). The zero-order valence-corrected chi connectivity index (χ0v) is 26.6. The molecule has 0 saturated carbocycles. The summed E-state index contributed by atoms with van der Waals surface area (Å²) in [6.45, 7) is 4.52. The maximum absolute atomic E-state index is 5.46. The van der Waals surface area contributed by atoms with E-state index in [1.165, 1.54) is 32.7 Å². The molecule has 4 heterocycles. The van der Waals surface area contributed by atoms with Crippen molar-refractivity contribution in [3.63, 3.8) is 0 Å². The third-order valence-corrected chi connectivity index (χ3v) is 9.49. The number of aromatic nitrogens is 4. The highest BCUT2D eigenvalue weighted by Crippen LogP contribution is 2.45. The van der Waals surface area contributed by atoms with Crippen LogP contribution in [0.5, 0.6) is 0 Å². The van der Waals surface area contributed by atoms with Gasteiger partial charge in [-0.1, -0.05) is 97.1 Å². The van der Waals surface area contributed by atoms with Gasteiger partial charge in [0.05, 0.1) is 33.8 Å². The predicted molar refractivity (Wildman–Crippen MR) is 199 cm³/mol. The molecule has 0 spiro atoms. The third kappa shape index (κ3) is 4.45. The number of para-hydroxylation sites is 1. The Labute approximate surface area is 278 Å². The van der Waals surface area contributed by atoms with Gasteiger partial charge in [-0.3, -0.25) is 4.98 Å². The van der Waals surface area contributed by atoms with Crippen molar-refractivity contribution in [1.29, 1.82) is 0 Å². The molecule has 0 fully saturated rings. The van der Waals surface area contributed by atoms with Crippen LogP contribution in [0.25, 0.3) is 88.4 Å². The summed E-state index contributed by atoms with van der Waals surface area (Å²) >= 11 is 0. The molecule has 226 valence electrons. The number of pyridine rings is 4. The average Bonchev–Trinajstić information content (AvgIpc) is 3.16. The molecule has 4 aromatic heterocycles. The van der Waals surface area contributed by atoms with E-state index < -0.39 is 0 Å². The lowest BCUT2D eigenvalue weighted by Gasteiger charge is -2.21. The Morgan fingerprint density at radius 3 is 1.56 bits per heavy atom. The molecular formula is C44H30N4. The lowest BCUT2D eigenvalue weighted by Crippen LogP contribution is -1.99. The van der Waals surface area contributed by atoms with Crippen molar-refractivity contribution in [3.8, 4) is 45.0 Å². The number of benzene rings is 5. The smallest absolute Gasteiger partial charge is 0.0791 e. The minimum Gasteiger partial charge on any atom is -0.265 e. The lowest BCUT2D eigenvalue weighted by molar-refractivity contribution is 1.29. The van der Waals surface area contributed by atoms with Gasteiger partial charge in [0.1, 0.15) is 0 Å². The minimum atomic E-state index is 0.905. The summed E-state index contributed by atoms with van der Waals surface area (Å²) < 4.78 is 0. The SMILES string of the molecule is Cc1c2c(-c3ccccc3)nc3cc(-c4cccc(-c5ccncc5)n4)ccc3c2c(C)c2c(-c3ccccc3)nc3ccccc3c12. The fourth-order valence-electron chi connectivity index (χ4n) is 7.28. The predicted octanol–water partition coefficient (Wildman–Crippen LogP) is 11.2. The second-order valence-corrected chi connectivity index (χ2v) is 12.3. The molecule has 0 aliphatic carbocycles. The van der Waals surface area contributed by atoms with Crippen molar-refractivity contribution in [2.45, 2.75) is 13.8 Å². The van der Waals surface area contributed by atoms with E-state index in [0.717, 1.165) is 66.8 Å². The minimum absolute atomic E-state index is 0.905. The largest absolute Gasteiger partial charge is 0.265 e. The van der Waals surface area contributed by atoms with Gasteiger partial charge >= 0.3 is 0 Å². The molecule has 0 unspecified atom stereocenters. The fourth-order valence-corrected chi connectivity index (χ4v) is 7.28. The van der Waals surface area contributed by atoms with E-state index in [1.807, 2.05) is 18.2 Å². The number of hydrogen-bond acceptors (Lipinski definition) is 4. The third-order valence-electron chi connectivity index (χ3n) is 9.49. The molecule has 0 bridgehead atoms. The van der Waals surface area contributed by atoms with Crippen LogP contribution in [-0.4, -0.2) is 19.9 Å². The first kappa shape index (κ1) is 28.0. The molecule has 48 heavy (non-hydrogen) atoms. The molecule has 0 N–H and O–H groups in total. The highest BCUT2D eigenvalue weighted by atomic mass is 14.7. The van der Waals surface area contributed by atoms with Crippen LogP contribution in [0, 0.1) is 13.8 Å². The average molecular weight is 615 g/mol. The summed E-state index contributed by atoms with van der Waals surface area (Å²) in [5.41, 5.74) is 12.4. The van der Waals surface area contributed by atoms with E-state index in [0.29, 0.717) is 0 Å². The van der Waals surface area contributed by atoms with Crippen molar-refractivity contribution < 1.29 is 0 Å². The van der Waals surface area contributed by atoms with Crippen molar-refractivity contribution >= 4 is 43.4 Å². The molecule has 0 radical (unpaired) electrons. The van der Waals surface area contributed by atoms with Gasteiger partial charge in [0.2, 0.25) is 0 Å². The topological polar surface area (TPSA) is 51.6 Å². The Bertz CT molecular complexity index is 2670. The summed E-state index contributed by atoms with van der Waals surface area (Å²) in [4.78, 5) is 20.0. The maximum Gasteiger partial charge on any atom is 0.0791 e. The molecule has 0 aliphatic rings. The van der Waals surface area contributed by atoms with Crippen molar-refractivity contribution in [3.05, 3.63) is 157 Å². The molecule has 0 saturated heterocycles. The molecule has 0 aliphatic heterocycles. The van der Waals surface area contributed by atoms with Gasteiger partial charge in [0, 0.05) is 56.2 Å². The number of rotatable bonds is 4. The summed E-state index contributed by atoms with van der Waals surface area (Å²) in [5, 5.41) is 7.09. The lowest BCUT2D eigenvalue weighted by atomic mass is 9.86. The second-order valence-electron chi connectivity index (χ2n) is 12.3. The Kier molecular flexibility index (Phi) is 6.54. The highest BCUT2D eigenvalue weighted by molar-refractivity contribution is 6.25. The Hall–Kier alpha value is -6.26. The summed E-state index contributed by atoms with van der Waals surface area (Å²) in [5.74, 6) is 0.